The van der Waals surface area contributed by atoms with Gasteiger partial charge in [0.25, 0.3) is 17.2 Å². The second-order valence-electron chi connectivity index (χ2n) is 7.74. The van der Waals surface area contributed by atoms with Crippen LogP contribution in [0, 0.1) is 10.1 Å². The third-order valence-corrected chi connectivity index (χ3v) is 5.44. The van der Waals surface area contributed by atoms with Crippen molar-refractivity contribution in [3.8, 4) is 0 Å². The standard InChI is InChI=1S/C23H20N6O6/c24-23-26-20-19(21(32)27-23)15(11-25-20)6-3-13-1-4-14(5-2-13)22(33)28(12-18(30)31)16-7-9-17(10-8-16)29(34)35/h1-2,4-5,7-11H,3,6,12H2,(H,30,31)(H4,24,25,26,27,32). The van der Waals surface area contributed by atoms with Gasteiger partial charge in [-0.3, -0.25) is 34.4 Å². The van der Waals surface area contributed by atoms with Gasteiger partial charge in [-0.15, -0.1) is 0 Å². The predicted octanol–water partition coefficient (Wildman–Crippen LogP) is 2.26. The quantitative estimate of drug-likeness (QED) is 0.220. The largest absolute Gasteiger partial charge is 0.480 e. The van der Waals surface area contributed by atoms with E-state index in [1.54, 1.807) is 30.5 Å². The van der Waals surface area contributed by atoms with E-state index >= 15 is 0 Å². The number of hydrogen-bond donors (Lipinski definition) is 4. The molecule has 2 heterocycles. The van der Waals surface area contributed by atoms with Gasteiger partial charge >= 0.3 is 5.97 Å². The molecule has 0 aliphatic heterocycles. The van der Waals surface area contributed by atoms with Crippen molar-refractivity contribution in [3.05, 3.63) is 91.9 Å². The van der Waals surface area contributed by atoms with Crippen molar-refractivity contribution in [2.45, 2.75) is 12.8 Å². The number of hydrogen-bond acceptors (Lipinski definition) is 7. The van der Waals surface area contributed by atoms with Gasteiger partial charge in [0.15, 0.2) is 0 Å². The minimum Gasteiger partial charge on any atom is -0.480 e. The lowest BCUT2D eigenvalue weighted by atomic mass is 10.0. The van der Waals surface area contributed by atoms with Crippen molar-refractivity contribution in [2.24, 2.45) is 0 Å². The fourth-order valence-electron chi connectivity index (χ4n) is 3.74. The molecule has 0 aliphatic rings. The number of nitro groups is 1. The maximum absolute atomic E-state index is 13.0. The highest BCUT2D eigenvalue weighted by Crippen LogP contribution is 2.22. The SMILES string of the molecule is Nc1nc2[nH]cc(CCc3ccc(C(=O)N(CC(=O)O)c4ccc([N+](=O)[O-])cc4)cc3)c2c(=O)[nH]1. The molecule has 5 N–H and O–H groups in total. The number of H-pyrrole nitrogens is 2. The maximum atomic E-state index is 13.0. The van der Waals surface area contributed by atoms with E-state index in [2.05, 4.69) is 15.0 Å². The van der Waals surface area contributed by atoms with Crippen LogP contribution in [0.2, 0.25) is 0 Å². The molecule has 1 amide bonds. The maximum Gasteiger partial charge on any atom is 0.323 e. The summed E-state index contributed by atoms with van der Waals surface area (Å²) in [6.45, 7) is -0.605. The van der Waals surface area contributed by atoms with Crippen LogP contribution < -0.4 is 16.2 Å². The molecule has 4 aromatic rings. The zero-order valence-corrected chi connectivity index (χ0v) is 18.2. The second kappa shape index (κ2) is 9.47. The van der Waals surface area contributed by atoms with Crippen molar-refractivity contribution < 1.29 is 19.6 Å². The van der Waals surface area contributed by atoms with Crippen LogP contribution in [0.3, 0.4) is 0 Å². The number of fused-ring (bicyclic) bond motifs is 1. The molecule has 12 heteroatoms. The van der Waals surface area contributed by atoms with E-state index in [9.17, 15) is 29.6 Å². The summed E-state index contributed by atoms with van der Waals surface area (Å²) in [5.74, 6) is -1.75. The topological polar surface area (TPSA) is 188 Å². The Bertz CT molecular complexity index is 1470. The van der Waals surface area contributed by atoms with Crippen LogP contribution in [0.4, 0.5) is 17.3 Å². The van der Waals surface area contributed by atoms with Gasteiger partial charge in [-0.2, -0.15) is 4.98 Å². The number of nitro benzene ring substituents is 1. The lowest BCUT2D eigenvalue weighted by molar-refractivity contribution is -0.384. The number of nitrogens with two attached hydrogens (primary N) is 1. The van der Waals surface area contributed by atoms with Crippen molar-refractivity contribution >= 4 is 40.2 Å². The summed E-state index contributed by atoms with van der Waals surface area (Å²) in [5.41, 5.74) is 7.64. The zero-order valence-electron chi connectivity index (χ0n) is 18.2. The highest BCUT2D eigenvalue weighted by molar-refractivity contribution is 6.08. The summed E-state index contributed by atoms with van der Waals surface area (Å²) in [6, 6.07) is 11.7. The lowest BCUT2D eigenvalue weighted by Gasteiger charge is -2.21. The van der Waals surface area contributed by atoms with E-state index in [0.29, 0.717) is 23.9 Å². The van der Waals surface area contributed by atoms with Crippen LogP contribution in [-0.2, 0) is 17.6 Å². The highest BCUT2D eigenvalue weighted by atomic mass is 16.6. The molecular formula is C23H20N6O6. The minimum absolute atomic E-state index is 0.0295. The van der Waals surface area contributed by atoms with E-state index in [-0.39, 0.29) is 28.4 Å². The number of carboxylic acids is 1. The molecule has 0 atom stereocenters. The number of aromatic nitrogens is 3. The summed E-state index contributed by atoms with van der Waals surface area (Å²) in [7, 11) is 0. The van der Waals surface area contributed by atoms with Crippen LogP contribution >= 0.6 is 0 Å². The van der Waals surface area contributed by atoms with Gasteiger partial charge in [-0.05, 0) is 48.2 Å². The summed E-state index contributed by atoms with van der Waals surface area (Å²) in [5, 5.41) is 20.6. The normalized spacial score (nSPS) is 10.9. The average Bonchev–Trinajstić information content (AvgIpc) is 3.24. The number of nitrogen functional groups attached to an aromatic ring is 1. The molecule has 0 radical (unpaired) electrons. The van der Waals surface area contributed by atoms with Crippen LogP contribution in [0.1, 0.15) is 21.5 Å². The number of amides is 1. The Morgan fingerprint density at radius 3 is 2.40 bits per heavy atom. The van der Waals surface area contributed by atoms with Crippen LogP contribution in [0.15, 0.2) is 59.5 Å². The van der Waals surface area contributed by atoms with E-state index in [0.717, 1.165) is 16.0 Å². The monoisotopic (exact) mass is 476 g/mol. The van der Waals surface area contributed by atoms with Crippen LogP contribution in [-0.4, -0.2) is 43.4 Å². The van der Waals surface area contributed by atoms with Gasteiger partial charge < -0.3 is 15.8 Å². The second-order valence-corrected chi connectivity index (χ2v) is 7.74. The number of rotatable bonds is 8. The molecule has 178 valence electrons. The number of carboxylic acid groups (broad SMARTS) is 1. The summed E-state index contributed by atoms with van der Waals surface area (Å²) in [4.78, 5) is 57.4. The number of non-ortho nitro benzene ring substituents is 1. The fraction of sp³-hybridized carbons (Fsp3) is 0.130. The molecule has 0 bridgehead atoms. The van der Waals surface area contributed by atoms with Crippen LogP contribution in [0.5, 0.6) is 0 Å². The summed E-state index contributed by atoms with van der Waals surface area (Å²) in [6.07, 6.45) is 2.82. The Morgan fingerprint density at radius 1 is 1.09 bits per heavy atom. The Morgan fingerprint density at radius 2 is 1.77 bits per heavy atom. The van der Waals surface area contributed by atoms with Crippen molar-refractivity contribution in [1.29, 1.82) is 0 Å². The zero-order chi connectivity index (χ0) is 25.1. The highest BCUT2D eigenvalue weighted by Gasteiger charge is 2.21. The number of aromatic amines is 2. The number of nitrogens with zero attached hydrogens (tertiary/aromatic N) is 3. The molecule has 35 heavy (non-hydrogen) atoms. The van der Waals surface area contributed by atoms with Gasteiger partial charge in [0.05, 0.1) is 10.3 Å². The first-order valence-corrected chi connectivity index (χ1v) is 10.5. The third-order valence-electron chi connectivity index (χ3n) is 5.44. The minimum atomic E-state index is -1.22. The first kappa shape index (κ1) is 23.2. The third kappa shape index (κ3) is 5.00. The number of benzene rings is 2. The first-order chi connectivity index (χ1) is 16.7. The average molecular weight is 476 g/mol. The summed E-state index contributed by atoms with van der Waals surface area (Å²) < 4.78 is 0. The van der Waals surface area contributed by atoms with Crippen molar-refractivity contribution in [3.63, 3.8) is 0 Å². The Balaban J connectivity index is 1.50. The Hall–Kier alpha value is -5.00. The number of carbonyl (C=O) groups excluding carboxylic acids is 1. The number of carbonyl (C=O) groups is 2. The summed E-state index contributed by atoms with van der Waals surface area (Å²) >= 11 is 0. The molecule has 0 fully saturated rings. The predicted molar refractivity (Wildman–Crippen MR) is 127 cm³/mol. The Labute approximate surface area is 197 Å². The van der Waals surface area contributed by atoms with E-state index in [4.69, 9.17) is 5.73 Å². The fourth-order valence-corrected chi connectivity index (χ4v) is 3.74. The molecule has 0 spiro atoms. The van der Waals surface area contributed by atoms with Gasteiger partial charge in [0.2, 0.25) is 5.95 Å². The number of anilines is 2. The number of nitrogens with one attached hydrogen (secondary N) is 2. The van der Waals surface area contributed by atoms with Gasteiger partial charge in [-0.25, -0.2) is 0 Å². The number of aryl methyl sites for hydroxylation is 2. The molecular weight excluding hydrogens is 456 g/mol. The van der Waals surface area contributed by atoms with Gasteiger partial charge in [0.1, 0.15) is 12.2 Å². The van der Waals surface area contributed by atoms with Crippen LogP contribution in [0.25, 0.3) is 11.0 Å². The molecule has 0 saturated carbocycles. The van der Waals surface area contributed by atoms with Gasteiger partial charge in [0, 0.05) is 29.6 Å². The van der Waals surface area contributed by atoms with E-state index in [1.807, 2.05) is 0 Å². The van der Waals surface area contributed by atoms with E-state index < -0.39 is 23.3 Å². The van der Waals surface area contributed by atoms with Gasteiger partial charge in [-0.1, -0.05) is 12.1 Å². The first-order valence-electron chi connectivity index (χ1n) is 10.5. The number of aliphatic carboxylic acids is 1. The van der Waals surface area contributed by atoms with Crippen molar-refractivity contribution in [1.82, 2.24) is 15.0 Å². The lowest BCUT2D eigenvalue weighted by Crippen LogP contribution is -2.35. The van der Waals surface area contributed by atoms with Crippen molar-refractivity contribution in [2.75, 3.05) is 17.2 Å². The molecule has 4 rings (SSSR count). The molecule has 2 aromatic heterocycles. The molecule has 2 aromatic carbocycles. The molecule has 0 saturated heterocycles. The Kier molecular flexibility index (Phi) is 6.27. The smallest absolute Gasteiger partial charge is 0.323 e. The molecule has 12 nitrogen and oxygen atoms in total. The molecule has 0 unspecified atom stereocenters. The van der Waals surface area contributed by atoms with E-state index in [1.165, 1.54) is 24.3 Å². The molecule has 0 aliphatic carbocycles.